The van der Waals surface area contributed by atoms with Gasteiger partial charge in [0, 0.05) is 44.3 Å². The van der Waals surface area contributed by atoms with Crippen LogP contribution in [0.15, 0.2) is 0 Å². The average Bonchev–Trinajstić information content (AvgIpc) is 3.21. The van der Waals surface area contributed by atoms with Crippen molar-refractivity contribution in [2.75, 3.05) is 39.3 Å². The number of nitrogens with zero attached hydrogens (tertiary/aromatic N) is 3. The van der Waals surface area contributed by atoms with Crippen LogP contribution < -0.4 is 0 Å². The summed E-state index contributed by atoms with van der Waals surface area (Å²) in [5.41, 5.74) is 0. The Bertz CT molecular complexity index is 392. The normalized spacial score (nSPS) is 38.5. The molecular weight excluding hydrogens is 318 g/mol. The van der Waals surface area contributed by atoms with Crippen molar-refractivity contribution in [1.82, 2.24) is 14.7 Å². The van der Waals surface area contributed by atoms with Crippen LogP contribution in [-0.4, -0.2) is 72.1 Å². The molecule has 0 N–H and O–H groups in total. The second-order valence-corrected chi connectivity index (χ2v) is 10.6. The van der Waals surface area contributed by atoms with E-state index < -0.39 is 0 Å². The van der Waals surface area contributed by atoms with Gasteiger partial charge in [-0.3, -0.25) is 9.80 Å². The quantitative estimate of drug-likeness (QED) is 0.751. The summed E-state index contributed by atoms with van der Waals surface area (Å²) in [6, 6.07) is 2.53. The molecule has 0 bridgehead atoms. The van der Waals surface area contributed by atoms with Crippen LogP contribution in [0.25, 0.3) is 0 Å². The monoisotopic (exact) mass is 361 g/mol. The highest BCUT2D eigenvalue weighted by Gasteiger charge is 2.44. The third-order valence-electron chi connectivity index (χ3n) is 8.49. The fourth-order valence-electron chi connectivity index (χ4n) is 6.56. The van der Waals surface area contributed by atoms with Gasteiger partial charge in [-0.15, -0.1) is 0 Å². The molecule has 4 rings (SSSR count). The van der Waals surface area contributed by atoms with E-state index in [4.69, 9.17) is 0 Å². The highest BCUT2D eigenvalue weighted by atomic mass is 15.3. The lowest BCUT2D eigenvalue weighted by atomic mass is 9.79. The lowest BCUT2D eigenvalue weighted by molar-refractivity contribution is 0.0909. The van der Waals surface area contributed by atoms with Crippen molar-refractivity contribution in [2.24, 2.45) is 23.7 Å². The van der Waals surface area contributed by atoms with Crippen LogP contribution in [0.2, 0.25) is 0 Å². The molecule has 0 aromatic carbocycles. The molecular formula is C23H43N3. The van der Waals surface area contributed by atoms with Gasteiger partial charge in [-0.1, -0.05) is 13.8 Å². The summed E-state index contributed by atoms with van der Waals surface area (Å²) in [5, 5.41) is 0. The minimum atomic E-state index is 0.730. The van der Waals surface area contributed by atoms with Crippen LogP contribution >= 0.6 is 0 Å². The van der Waals surface area contributed by atoms with E-state index in [2.05, 4.69) is 42.4 Å². The number of piperidine rings is 1. The van der Waals surface area contributed by atoms with Crippen LogP contribution in [0.5, 0.6) is 0 Å². The number of rotatable bonds is 4. The molecule has 3 nitrogen and oxygen atoms in total. The summed E-state index contributed by atoms with van der Waals surface area (Å²) in [5.74, 6) is 3.84. The van der Waals surface area contributed by atoms with Gasteiger partial charge in [0.05, 0.1) is 0 Å². The van der Waals surface area contributed by atoms with E-state index in [0.717, 1.165) is 41.8 Å². The summed E-state index contributed by atoms with van der Waals surface area (Å²) >= 11 is 0. The predicted octanol–water partition coefficient (Wildman–Crippen LogP) is 3.94. The highest BCUT2D eigenvalue weighted by molar-refractivity contribution is 4.98. The molecule has 150 valence electrons. The fourth-order valence-corrected chi connectivity index (χ4v) is 6.56. The first-order valence-corrected chi connectivity index (χ1v) is 11.7. The van der Waals surface area contributed by atoms with E-state index in [1.165, 1.54) is 77.8 Å². The average molecular weight is 362 g/mol. The number of hydrogen-bond acceptors (Lipinski definition) is 3. The molecule has 0 aromatic heterocycles. The van der Waals surface area contributed by atoms with E-state index >= 15 is 0 Å². The molecule has 0 unspecified atom stereocenters. The van der Waals surface area contributed by atoms with E-state index in [0.29, 0.717) is 0 Å². The van der Waals surface area contributed by atoms with Gasteiger partial charge in [0.25, 0.3) is 0 Å². The Hall–Kier alpha value is -0.120. The predicted molar refractivity (Wildman–Crippen MR) is 110 cm³/mol. The molecule has 0 aromatic rings. The van der Waals surface area contributed by atoms with Gasteiger partial charge in [-0.2, -0.15) is 0 Å². The number of fused-ring (bicyclic) bond motifs is 1. The standard InChI is InChI=1S/C23H43N3/c1-17(2)19-5-7-22(8-6-19)25-13-20-15-26(16-21(20)14-25)23-9-11-24(12-10-23)18(3)4/h17-23H,5-16H2,1-4H3/t19?,20-,21-,22?/m1/s1. The Labute approximate surface area is 162 Å². The van der Waals surface area contributed by atoms with Crippen molar-refractivity contribution < 1.29 is 0 Å². The maximum atomic E-state index is 2.91. The molecule has 0 radical (unpaired) electrons. The van der Waals surface area contributed by atoms with Crippen molar-refractivity contribution in [2.45, 2.75) is 84.3 Å². The molecule has 2 atom stereocenters. The lowest BCUT2D eigenvalue weighted by Crippen LogP contribution is -2.47. The largest absolute Gasteiger partial charge is 0.301 e. The summed E-state index contributed by atoms with van der Waals surface area (Å²) in [7, 11) is 0. The summed E-state index contributed by atoms with van der Waals surface area (Å²) in [4.78, 5) is 8.47. The first-order valence-electron chi connectivity index (χ1n) is 11.7. The summed E-state index contributed by atoms with van der Waals surface area (Å²) in [6.45, 7) is 17.8. The van der Waals surface area contributed by atoms with Gasteiger partial charge in [0.1, 0.15) is 0 Å². The van der Waals surface area contributed by atoms with Crippen LogP contribution in [-0.2, 0) is 0 Å². The first kappa shape index (κ1) is 19.2. The van der Waals surface area contributed by atoms with E-state index in [1.807, 2.05) is 0 Å². The number of hydrogen-bond donors (Lipinski definition) is 0. The smallest absolute Gasteiger partial charge is 0.0120 e. The number of likely N-dealkylation sites (tertiary alicyclic amines) is 3. The van der Waals surface area contributed by atoms with Crippen molar-refractivity contribution >= 4 is 0 Å². The second kappa shape index (κ2) is 8.09. The first-order chi connectivity index (χ1) is 12.5. The maximum Gasteiger partial charge on any atom is 0.0120 e. The van der Waals surface area contributed by atoms with Gasteiger partial charge in [0.2, 0.25) is 0 Å². The molecule has 1 aliphatic carbocycles. The Morgan fingerprint density at radius 3 is 1.50 bits per heavy atom. The van der Waals surface area contributed by atoms with Gasteiger partial charge < -0.3 is 4.90 Å². The summed E-state index contributed by atoms with van der Waals surface area (Å²) in [6.07, 6.45) is 8.71. The van der Waals surface area contributed by atoms with Gasteiger partial charge in [-0.05, 0) is 89.1 Å². The zero-order valence-electron chi connectivity index (χ0n) is 17.9. The van der Waals surface area contributed by atoms with Crippen molar-refractivity contribution in [3.05, 3.63) is 0 Å². The van der Waals surface area contributed by atoms with E-state index in [9.17, 15) is 0 Å². The molecule has 26 heavy (non-hydrogen) atoms. The van der Waals surface area contributed by atoms with E-state index in [-0.39, 0.29) is 0 Å². The molecule has 3 heteroatoms. The SMILES string of the molecule is CC(C)C1CCC(N2C[C@@H]3CN(C4CCN(C(C)C)CC4)C[C@H]3C2)CC1. The molecule has 3 saturated heterocycles. The van der Waals surface area contributed by atoms with Crippen LogP contribution in [0.1, 0.15) is 66.2 Å². The maximum absolute atomic E-state index is 2.91. The molecule has 4 fully saturated rings. The highest BCUT2D eigenvalue weighted by Crippen LogP contribution is 2.39. The Kier molecular flexibility index (Phi) is 5.98. The minimum absolute atomic E-state index is 0.730. The zero-order valence-corrected chi connectivity index (χ0v) is 17.9. The van der Waals surface area contributed by atoms with Gasteiger partial charge in [0.15, 0.2) is 0 Å². The van der Waals surface area contributed by atoms with Crippen molar-refractivity contribution in [1.29, 1.82) is 0 Å². The van der Waals surface area contributed by atoms with Crippen molar-refractivity contribution in [3.8, 4) is 0 Å². The lowest BCUT2D eigenvalue weighted by Gasteiger charge is -2.40. The fraction of sp³-hybridized carbons (Fsp3) is 1.00. The van der Waals surface area contributed by atoms with Crippen LogP contribution in [0, 0.1) is 23.7 Å². The van der Waals surface area contributed by atoms with Gasteiger partial charge >= 0.3 is 0 Å². The topological polar surface area (TPSA) is 9.72 Å². The molecule has 3 aliphatic heterocycles. The Morgan fingerprint density at radius 2 is 1.08 bits per heavy atom. The van der Waals surface area contributed by atoms with Gasteiger partial charge in [-0.25, -0.2) is 0 Å². The Morgan fingerprint density at radius 1 is 0.615 bits per heavy atom. The minimum Gasteiger partial charge on any atom is -0.301 e. The molecule has 1 saturated carbocycles. The van der Waals surface area contributed by atoms with Crippen LogP contribution in [0.3, 0.4) is 0 Å². The molecule has 0 spiro atoms. The second-order valence-electron chi connectivity index (χ2n) is 10.6. The third-order valence-corrected chi connectivity index (χ3v) is 8.49. The molecule has 3 heterocycles. The Balaban J connectivity index is 1.22. The molecule has 0 amide bonds. The zero-order chi connectivity index (χ0) is 18.3. The van der Waals surface area contributed by atoms with Crippen molar-refractivity contribution in [3.63, 3.8) is 0 Å². The van der Waals surface area contributed by atoms with Crippen LogP contribution in [0.4, 0.5) is 0 Å². The summed E-state index contributed by atoms with van der Waals surface area (Å²) < 4.78 is 0. The van der Waals surface area contributed by atoms with E-state index in [1.54, 1.807) is 0 Å². The third kappa shape index (κ3) is 4.00. The molecule has 4 aliphatic rings.